The van der Waals surface area contributed by atoms with Crippen LogP contribution in [0.1, 0.15) is 28.9 Å². The highest BCUT2D eigenvalue weighted by molar-refractivity contribution is 6.17. The summed E-state index contributed by atoms with van der Waals surface area (Å²) in [5.41, 5.74) is 10.4. The highest BCUT2D eigenvalue weighted by Crippen LogP contribution is 2.36. The molecular weight excluding hydrogens is 250 g/mol. The van der Waals surface area contributed by atoms with Crippen molar-refractivity contribution in [1.82, 2.24) is 9.55 Å². The minimum absolute atomic E-state index is 0.131. The Labute approximate surface area is 116 Å². The molecule has 2 aromatic heterocycles. The van der Waals surface area contributed by atoms with Crippen molar-refractivity contribution in [1.29, 1.82) is 0 Å². The van der Waals surface area contributed by atoms with Crippen molar-refractivity contribution in [2.75, 3.05) is 5.73 Å². The zero-order chi connectivity index (χ0) is 13.9. The number of aryl methyl sites for hydroxylation is 2. The molecule has 4 rings (SSSR count). The molecule has 2 N–H and O–H groups in total. The van der Waals surface area contributed by atoms with Crippen LogP contribution in [0.3, 0.4) is 0 Å². The van der Waals surface area contributed by atoms with Crippen LogP contribution in [0.15, 0.2) is 24.3 Å². The summed E-state index contributed by atoms with van der Waals surface area (Å²) >= 11 is 0. The lowest BCUT2D eigenvalue weighted by molar-refractivity contribution is 0.0973. The van der Waals surface area contributed by atoms with E-state index in [1.54, 1.807) is 0 Å². The van der Waals surface area contributed by atoms with Gasteiger partial charge in [0, 0.05) is 18.9 Å². The summed E-state index contributed by atoms with van der Waals surface area (Å²) in [6.45, 7) is 0. The molecule has 1 aliphatic carbocycles. The van der Waals surface area contributed by atoms with Gasteiger partial charge in [0.2, 0.25) is 0 Å². The fourth-order valence-corrected chi connectivity index (χ4v) is 3.27. The second-order valence-electron chi connectivity index (χ2n) is 5.40. The zero-order valence-electron chi connectivity index (χ0n) is 11.3. The summed E-state index contributed by atoms with van der Waals surface area (Å²) in [5, 5.41) is 1.98. The van der Waals surface area contributed by atoms with E-state index in [9.17, 15) is 4.79 Å². The zero-order valence-corrected chi connectivity index (χ0v) is 11.3. The van der Waals surface area contributed by atoms with E-state index in [-0.39, 0.29) is 5.78 Å². The van der Waals surface area contributed by atoms with E-state index in [4.69, 9.17) is 10.7 Å². The average molecular weight is 265 g/mol. The number of ketones is 1. The lowest BCUT2D eigenvalue weighted by atomic mass is 9.92. The van der Waals surface area contributed by atoms with Gasteiger partial charge in [-0.3, -0.25) is 4.79 Å². The van der Waals surface area contributed by atoms with E-state index in [2.05, 4.69) is 10.6 Å². The number of para-hydroxylation sites is 1. The molecule has 0 spiro atoms. The number of nitrogens with zero attached hydrogens (tertiary/aromatic N) is 2. The smallest absolute Gasteiger partial charge is 0.166 e. The quantitative estimate of drug-likeness (QED) is 0.680. The van der Waals surface area contributed by atoms with Crippen LogP contribution < -0.4 is 5.73 Å². The number of rotatable bonds is 0. The molecule has 20 heavy (non-hydrogen) atoms. The summed E-state index contributed by atoms with van der Waals surface area (Å²) in [5.74, 6) is 0.131. The van der Waals surface area contributed by atoms with Gasteiger partial charge in [0.25, 0.3) is 0 Å². The van der Waals surface area contributed by atoms with E-state index in [1.165, 1.54) is 0 Å². The molecule has 0 fully saturated rings. The monoisotopic (exact) mass is 265 g/mol. The van der Waals surface area contributed by atoms with Crippen molar-refractivity contribution in [3.8, 4) is 0 Å². The Morgan fingerprint density at radius 3 is 2.90 bits per heavy atom. The number of nitrogen functional groups attached to an aromatic ring is 1. The Hall–Kier alpha value is -2.36. The number of aromatic nitrogens is 2. The van der Waals surface area contributed by atoms with Crippen LogP contribution in [-0.4, -0.2) is 15.3 Å². The molecule has 4 nitrogen and oxygen atoms in total. The molecule has 0 saturated heterocycles. The van der Waals surface area contributed by atoms with E-state index >= 15 is 0 Å². The Bertz CT molecular complexity index is 876. The molecule has 0 radical (unpaired) electrons. The molecule has 0 bridgehead atoms. The van der Waals surface area contributed by atoms with E-state index < -0.39 is 0 Å². The third-order valence-electron chi connectivity index (χ3n) is 4.24. The topological polar surface area (TPSA) is 60.9 Å². The third-order valence-corrected chi connectivity index (χ3v) is 4.24. The molecule has 2 heterocycles. The molecular formula is C16H15N3O. The maximum Gasteiger partial charge on any atom is 0.166 e. The van der Waals surface area contributed by atoms with Gasteiger partial charge in [-0.25, -0.2) is 4.98 Å². The van der Waals surface area contributed by atoms with Gasteiger partial charge in [-0.15, -0.1) is 0 Å². The van der Waals surface area contributed by atoms with Crippen LogP contribution in [0.2, 0.25) is 0 Å². The molecule has 1 aliphatic rings. The summed E-state index contributed by atoms with van der Waals surface area (Å²) in [4.78, 5) is 16.9. The summed E-state index contributed by atoms with van der Waals surface area (Å²) in [6, 6.07) is 8.08. The fraction of sp³-hybridized carbons (Fsp3) is 0.250. The van der Waals surface area contributed by atoms with Crippen molar-refractivity contribution >= 4 is 33.4 Å². The van der Waals surface area contributed by atoms with Crippen molar-refractivity contribution in [3.05, 3.63) is 35.5 Å². The van der Waals surface area contributed by atoms with Crippen molar-refractivity contribution in [2.45, 2.75) is 19.3 Å². The normalized spacial score (nSPS) is 14.9. The Morgan fingerprint density at radius 1 is 1.25 bits per heavy atom. The van der Waals surface area contributed by atoms with Gasteiger partial charge in [-0.2, -0.15) is 0 Å². The van der Waals surface area contributed by atoms with E-state index in [1.807, 2.05) is 25.2 Å². The predicted octanol–water partition coefficient (Wildman–Crippen LogP) is 2.83. The van der Waals surface area contributed by atoms with Crippen molar-refractivity contribution in [3.63, 3.8) is 0 Å². The molecule has 1 aromatic carbocycles. The molecule has 0 unspecified atom stereocenters. The molecule has 0 aliphatic heterocycles. The van der Waals surface area contributed by atoms with Gasteiger partial charge in [0.05, 0.1) is 27.8 Å². The molecule has 0 atom stereocenters. The largest absolute Gasteiger partial charge is 0.397 e. The summed E-state index contributed by atoms with van der Waals surface area (Å²) < 4.78 is 2.06. The number of carbonyl (C=O) groups excluding carboxylic acids is 1. The fourth-order valence-electron chi connectivity index (χ4n) is 3.27. The summed E-state index contributed by atoms with van der Waals surface area (Å²) in [6.07, 6.45) is 2.28. The Kier molecular flexibility index (Phi) is 2.19. The first-order valence-corrected chi connectivity index (χ1v) is 6.87. The highest BCUT2D eigenvalue weighted by atomic mass is 16.1. The van der Waals surface area contributed by atoms with E-state index in [0.29, 0.717) is 17.7 Å². The minimum Gasteiger partial charge on any atom is -0.397 e. The lowest BCUT2D eigenvalue weighted by Gasteiger charge is -2.16. The Morgan fingerprint density at radius 2 is 2.05 bits per heavy atom. The van der Waals surface area contributed by atoms with Crippen LogP contribution >= 0.6 is 0 Å². The number of benzene rings is 1. The van der Waals surface area contributed by atoms with Gasteiger partial charge in [0.1, 0.15) is 5.65 Å². The first kappa shape index (κ1) is 11.5. The van der Waals surface area contributed by atoms with Gasteiger partial charge >= 0.3 is 0 Å². The second-order valence-corrected chi connectivity index (χ2v) is 5.40. The number of hydrogen-bond acceptors (Lipinski definition) is 3. The number of Topliss-reactive ketones (excluding diaryl/α,β-unsaturated/α-hetero) is 1. The standard InChI is InChI=1S/C16H15N3O/c1-19-11-7-3-2-5-9(11)13-15(17)14-10(18-16(13)19)6-4-8-12(14)20/h2-3,5,7H,4,6,8H2,1H3,(H2,17,18). The second kappa shape index (κ2) is 3.82. The number of hydrogen-bond donors (Lipinski definition) is 1. The maximum absolute atomic E-state index is 12.2. The van der Waals surface area contributed by atoms with Crippen LogP contribution in [0.25, 0.3) is 21.9 Å². The van der Waals surface area contributed by atoms with Gasteiger partial charge in [-0.1, -0.05) is 18.2 Å². The van der Waals surface area contributed by atoms with Gasteiger partial charge in [0.15, 0.2) is 5.78 Å². The van der Waals surface area contributed by atoms with Gasteiger partial charge < -0.3 is 10.3 Å². The number of pyridine rings is 1. The molecule has 0 amide bonds. The first-order chi connectivity index (χ1) is 9.68. The molecule has 3 aromatic rings. The highest BCUT2D eigenvalue weighted by Gasteiger charge is 2.25. The third kappa shape index (κ3) is 1.31. The molecule has 0 saturated carbocycles. The minimum atomic E-state index is 0.131. The number of fused-ring (bicyclic) bond motifs is 4. The Balaban J connectivity index is 2.25. The first-order valence-electron chi connectivity index (χ1n) is 6.87. The molecule has 4 heteroatoms. The van der Waals surface area contributed by atoms with Crippen LogP contribution in [0.5, 0.6) is 0 Å². The maximum atomic E-state index is 12.2. The number of anilines is 1. The SMILES string of the molecule is Cn1c2ccccc2c2c(N)c3c(nc21)CCCC3=O. The van der Waals surface area contributed by atoms with Crippen LogP contribution in [-0.2, 0) is 13.5 Å². The van der Waals surface area contributed by atoms with Crippen LogP contribution in [0, 0.1) is 0 Å². The summed E-state index contributed by atoms with van der Waals surface area (Å²) in [7, 11) is 1.99. The van der Waals surface area contributed by atoms with Gasteiger partial charge in [-0.05, 0) is 18.9 Å². The van der Waals surface area contributed by atoms with Crippen molar-refractivity contribution in [2.24, 2.45) is 7.05 Å². The number of carbonyl (C=O) groups is 1. The van der Waals surface area contributed by atoms with E-state index in [0.717, 1.165) is 40.5 Å². The number of nitrogens with two attached hydrogens (primary N) is 1. The van der Waals surface area contributed by atoms with Crippen LogP contribution in [0.4, 0.5) is 5.69 Å². The molecule has 100 valence electrons. The van der Waals surface area contributed by atoms with Crippen molar-refractivity contribution < 1.29 is 4.79 Å². The lowest BCUT2D eigenvalue weighted by Crippen LogP contribution is -2.16. The predicted molar refractivity (Wildman–Crippen MR) is 79.9 cm³/mol. The average Bonchev–Trinajstić information content (AvgIpc) is 2.73.